The van der Waals surface area contributed by atoms with Crippen molar-refractivity contribution in [3.05, 3.63) is 64.1 Å². The van der Waals surface area contributed by atoms with Crippen molar-refractivity contribution in [2.75, 3.05) is 19.6 Å². The van der Waals surface area contributed by atoms with Gasteiger partial charge in [-0.1, -0.05) is 46.3 Å². The molecule has 0 spiro atoms. The van der Waals surface area contributed by atoms with Crippen LogP contribution in [0.15, 0.2) is 58.0 Å². The Morgan fingerprint density at radius 2 is 1.83 bits per heavy atom. The van der Waals surface area contributed by atoms with Crippen molar-refractivity contribution < 1.29 is 10.0 Å². The molecule has 0 aliphatic rings. The maximum absolute atomic E-state index is 9.90. The third kappa shape index (κ3) is 4.91. The van der Waals surface area contributed by atoms with Crippen molar-refractivity contribution in [3.8, 4) is 5.75 Å². The summed E-state index contributed by atoms with van der Waals surface area (Å²) in [5.74, 6) is 0.253. The van der Waals surface area contributed by atoms with E-state index in [1.165, 1.54) is 10.5 Å². The third-order valence-electron chi connectivity index (χ3n) is 4.11. The quantitative estimate of drug-likeness (QED) is 0.716. The predicted octanol–water partition coefficient (Wildman–Crippen LogP) is 3.24. The molecule has 3 nitrogen and oxygen atoms in total. The fraction of sp³-hybridized carbons (Fsp3) is 0.316. The summed E-state index contributed by atoms with van der Waals surface area (Å²) in [6.45, 7) is 7.24. The Kier molecular flexibility index (Phi) is 6.81. The molecule has 0 heterocycles. The van der Waals surface area contributed by atoms with E-state index in [1.807, 2.05) is 18.2 Å². The van der Waals surface area contributed by atoms with Gasteiger partial charge in [-0.15, -0.1) is 0 Å². The number of benzene rings is 2. The molecule has 2 aromatic carbocycles. The van der Waals surface area contributed by atoms with E-state index in [1.54, 1.807) is 12.3 Å². The molecule has 1 atom stereocenters. The highest BCUT2D eigenvalue weighted by Gasteiger charge is 2.20. The van der Waals surface area contributed by atoms with Crippen molar-refractivity contribution in [1.29, 1.82) is 0 Å². The molecule has 0 aliphatic carbocycles. The molecule has 23 heavy (non-hydrogen) atoms. The Labute approximate surface area is 146 Å². The molecule has 0 unspecified atom stereocenters. The first-order valence-corrected chi connectivity index (χ1v) is 8.82. The molecule has 0 fully saturated rings. The third-order valence-corrected chi connectivity index (χ3v) is 4.60. The zero-order valence-corrected chi connectivity index (χ0v) is 15.3. The fourth-order valence-electron chi connectivity index (χ4n) is 2.78. The molecular formula is C19H24BrN2O+. The second kappa shape index (κ2) is 8.85. The lowest BCUT2D eigenvalue weighted by atomic mass is 10.1. The van der Waals surface area contributed by atoms with E-state index in [2.05, 4.69) is 59.0 Å². The first-order chi connectivity index (χ1) is 11.2. The number of hydrogen-bond donors (Lipinski definition) is 2. The molecule has 0 saturated heterocycles. The van der Waals surface area contributed by atoms with Crippen molar-refractivity contribution in [2.45, 2.75) is 19.9 Å². The molecule has 122 valence electrons. The van der Waals surface area contributed by atoms with Crippen molar-refractivity contribution in [3.63, 3.8) is 0 Å². The van der Waals surface area contributed by atoms with Crippen LogP contribution in [0.5, 0.6) is 5.75 Å². The van der Waals surface area contributed by atoms with Gasteiger partial charge in [-0.2, -0.15) is 0 Å². The summed E-state index contributed by atoms with van der Waals surface area (Å²) >= 11 is 3.42. The van der Waals surface area contributed by atoms with E-state index >= 15 is 0 Å². The Balaban J connectivity index is 2.18. The molecule has 2 rings (SSSR count). The van der Waals surface area contributed by atoms with Gasteiger partial charge in [-0.25, -0.2) is 0 Å². The van der Waals surface area contributed by atoms with Gasteiger partial charge in [0, 0.05) is 21.8 Å². The summed E-state index contributed by atoms with van der Waals surface area (Å²) in [4.78, 5) is 6.12. The summed E-state index contributed by atoms with van der Waals surface area (Å²) in [6, 6.07) is 16.2. The first-order valence-electron chi connectivity index (χ1n) is 8.03. The topological polar surface area (TPSA) is 37.0 Å². The first kappa shape index (κ1) is 17.7. The fourth-order valence-corrected chi connectivity index (χ4v) is 3.16. The minimum absolute atomic E-state index is 0.253. The van der Waals surface area contributed by atoms with Gasteiger partial charge in [-0.05, 0) is 32.0 Å². The van der Waals surface area contributed by atoms with Gasteiger partial charge in [0.25, 0.3) is 0 Å². The zero-order valence-electron chi connectivity index (χ0n) is 13.7. The Hall–Kier alpha value is -1.65. The van der Waals surface area contributed by atoms with Gasteiger partial charge in [0.05, 0.1) is 19.6 Å². The van der Waals surface area contributed by atoms with Gasteiger partial charge in [0.2, 0.25) is 0 Å². The number of nitrogens with zero attached hydrogens (tertiary/aromatic N) is 1. The molecule has 0 aromatic heterocycles. The second-order valence-electron chi connectivity index (χ2n) is 5.53. The van der Waals surface area contributed by atoms with Crippen LogP contribution < -0.4 is 4.90 Å². The number of hydrogen-bond acceptors (Lipinski definition) is 2. The van der Waals surface area contributed by atoms with Crippen LogP contribution in [0.3, 0.4) is 0 Å². The largest absolute Gasteiger partial charge is 0.507 e. The smallest absolute Gasteiger partial charge is 0.133 e. The van der Waals surface area contributed by atoms with Crippen molar-refractivity contribution in [2.24, 2.45) is 4.99 Å². The molecule has 0 radical (unpaired) electrons. The normalized spacial score (nSPS) is 12.9. The molecule has 4 heteroatoms. The van der Waals surface area contributed by atoms with Crippen LogP contribution in [0, 0.1) is 0 Å². The summed E-state index contributed by atoms with van der Waals surface area (Å²) < 4.78 is 0.936. The standard InChI is InChI=1S/C19H23BrN2O/c1-3-22(4-2)18(15-8-6-5-7-9-15)14-21-13-16-12-17(20)10-11-19(16)23/h5-13,18,23H,3-4,14H2,1-2H3/p+1/t18-/m1/s1. The van der Waals surface area contributed by atoms with E-state index in [0.717, 1.165) is 23.1 Å². The molecule has 2 N–H and O–H groups in total. The van der Waals surface area contributed by atoms with E-state index in [-0.39, 0.29) is 5.75 Å². The lowest BCUT2D eigenvalue weighted by Gasteiger charge is -2.25. The molecule has 0 amide bonds. The van der Waals surface area contributed by atoms with E-state index in [0.29, 0.717) is 12.6 Å². The van der Waals surface area contributed by atoms with Crippen LogP contribution in [0.1, 0.15) is 31.0 Å². The van der Waals surface area contributed by atoms with Gasteiger partial charge in [-0.3, -0.25) is 4.99 Å². The van der Waals surface area contributed by atoms with Crippen molar-refractivity contribution in [1.82, 2.24) is 0 Å². The number of halogens is 1. The summed E-state index contributed by atoms with van der Waals surface area (Å²) in [5.41, 5.74) is 2.04. The highest BCUT2D eigenvalue weighted by molar-refractivity contribution is 9.10. The number of phenols is 1. The maximum atomic E-state index is 9.90. The number of quaternary nitrogens is 1. The molecular weight excluding hydrogens is 352 g/mol. The van der Waals surface area contributed by atoms with Gasteiger partial charge in [0.15, 0.2) is 0 Å². The van der Waals surface area contributed by atoms with Gasteiger partial charge in [0.1, 0.15) is 11.8 Å². The van der Waals surface area contributed by atoms with Crippen molar-refractivity contribution >= 4 is 22.1 Å². The van der Waals surface area contributed by atoms with Crippen LogP contribution in [0.2, 0.25) is 0 Å². The Bertz CT molecular complexity index is 639. The Morgan fingerprint density at radius 1 is 1.13 bits per heavy atom. The number of aromatic hydroxyl groups is 1. The van der Waals surface area contributed by atoms with E-state index in [9.17, 15) is 5.11 Å². The maximum Gasteiger partial charge on any atom is 0.133 e. The summed E-state index contributed by atoms with van der Waals surface area (Å²) in [6.07, 6.45) is 1.76. The monoisotopic (exact) mass is 375 g/mol. The zero-order chi connectivity index (χ0) is 16.7. The minimum Gasteiger partial charge on any atom is -0.507 e. The highest BCUT2D eigenvalue weighted by atomic mass is 79.9. The number of aliphatic imine (C=N–C) groups is 1. The number of nitrogens with one attached hydrogen (secondary N) is 1. The number of phenolic OH excluding ortho intramolecular Hbond substituents is 1. The second-order valence-corrected chi connectivity index (χ2v) is 6.44. The lowest BCUT2D eigenvalue weighted by molar-refractivity contribution is -0.926. The average Bonchev–Trinajstić information content (AvgIpc) is 2.58. The number of rotatable bonds is 7. The number of likely N-dealkylation sites (N-methyl/N-ethyl adjacent to an activating group) is 1. The highest BCUT2D eigenvalue weighted by Crippen LogP contribution is 2.20. The van der Waals surface area contributed by atoms with Crippen LogP contribution in [0.25, 0.3) is 0 Å². The lowest BCUT2D eigenvalue weighted by Crippen LogP contribution is -3.12. The predicted molar refractivity (Wildman–Crippen MR) is 99.5 cm³/mol. The molecule has 0 saturated carbocycles. The Morgan fingerprint density at radius 3 is 2.48 bits per heavy atom. The summed E-state index contributed by atoms with van der Waals surface area (Å²) in [7, 11) is 0. The van der Waals surface area contributed by atoms with Crippen LogP contribution in [-0.4, -0.2) is 31.0 Å². The van der Waals surface area contributed by atoms with Gasteiger partial charge >= 0.3 is 0 Å². The molecule has 2 aromatic rings. The van der Waals surface area contributed by atoms with Crippen LogP contribution in [0.4, 0.5) is 0 Å². The van der Waals surface area contributed by atoms with Crippen LogP contribution >= 0.6 is 15.9 Å². The van der Waals surface area contributed by atoms with E-state index < -0.39 is 0 Å². The average molecular weight is 376 g/mol. The molecule has 0 aliphatic heterocycles. The minimum atomic E-state index is 0.253. The SMILES string of the molecule is CC[NH+](CC)[C@H](CN=Cc1cc(Br)ccc1O)c1ccccc1. The summed E-state index contributed by atoms with van der Waals surface area (Å²) in [5, 5.41) is 9.90. The van der Waals surface area contributed by atoms with E-state index in [4.69, 9.17) is 0 Å². The van der Waals surface area contributed by atoms with Crippen LogP contribution in [-0.2, 0) is 0 Å². The molecule has 0 bridgehead atoms. The van der Waals surface area contributed by atoms with Gasteiger partial charge < -0.3 is 10.0 Å².